The van der Waals surface area contributed by atoms with Gasteiger partial charge in [-0.05, 0) is 37.0 Å². The van der Waals surface area contributed by atoms with E-state index in [2.05, 4.69) is 35.1 Å². The van der Waals surface area contributed by atoms with Crippen molar-refractivity contribution >= 4 is 21.8 Å². The number of hydrogen-bond acceptors (Lipinski definition) is 1. The Balaban J connectivity index is 2.46. The van der Waals surface area contributed by atoms with Crippen molar-refractivity contribution in [3.63, 3.8) is 0 Å². The molecule has 0 aromatic heterocycles. The van der Waals surface area contributed by atoms with Crippen LogP contribution in [0, 0.1) is 5.92 Å². The average molecular weight is 298 g/mol. The Labute approximate surface area is 112 Å². The minimum absolute atomic E-state index is 0.0720. The second-order valence-electron chi connectivity index (χ2n) is 4.77. The minimum Gasteiger partial charge on any atom is -0.350 e. The summed E-state index contributed by atoms with van der Waals surface area (Å²) in [4.78, 5) is 11.7. The SMILES string of the molecule is CC(C)CCC(=O)NC(C)c1ccc(Br)cc1. The Kier molecular flexibility index (Phi) is 5.69. The molecule has 0 bridgehead atoms. The number of nitrogens with one attached hydrogen (secondary N) is 1. The Morgan fingerprint density at radius 3 is 2.35 bits per heavy atom. The van der Waals surface area contributed by atoms with Crippen molar-refractivity contribution < 1.29 is 4.79 Å². The number of carbonyl (C=O) groups is 1. The van der Waals surface area contributed by atoms with E-state index in [0.29, 0.717) is 12.3 Å². The largest absolute Gasteiger partial charge is 0.350 e. The van der Waals surface area contributed by atoms with Gasteiger partial charge in [-0.25, -0.2) is 0 Å². The van der Waals surface area contributed by atoms with Gasteiger partial charge in [0, 0.05) is 10.9 Å². The molecule has 1 atom stereocenters. The normalized spacial score (nSPS) is 12.5. The van der Waals surface area contributed by atoms with Gasteiger partial charge < -0.3 is 5.32 Å². The van der Waals surface area contributed by atoms with Crippen LogP contribution in [0.2, 0.25) is 0 Å². The first-order valence-corrected chi connectivity index (χ1v) is 6.83. The van der Waals surface area contributed by atoms with Crippen molar-refractivity contribution in [1.29, 1.82) is 0 Å². The Morgan fingerprint density at radius 2 is 1.82 bits per heavy atom. The molecule has 2 nitrogen and oxygen atoms in total. The maximum Gasteiger partial charge on any atom is 0.220 e. The van der Waals surface area contributed by atoms with E-state index in [1.807, 2.05) is 31.2 Å². The quantitative estimate of drug-likeness (QED) is 0.872. The van der Waals surface area contributed by atoms with Crippen molar-refractivity contribution in [2.24, 2.45) is 5.92 Å². The van der Waals surface area contributed by atoms with Gasteiger partial charge in [-0.2, -0.15) is 0 Å². The topological polar surface area (TPSA) is 29.1 Å². The van der Waals surface area contributed by atoms with E-state index in [1.165, 1.54) is 0 Å². The molecule has 1 aromatic carbocycles. The summed E-state index contributed by atoms with van der Waals surface area (Å²) in [5.74, 6) is 0.706. The van der Waals surface area contributed by atoms with Crippen LogP contribution < -0.4 is 5.32 Å². The summed E-state index contributed by atoms with van der Waals surface area (Å²) in [6.45, 7) is 6.27. The average Bonchev–Trinajstić information content (AvgIpc) is 2.27. The van der Waals surface area contributed by atoms with Crippen LogP contribution in [0.5, 0.6) is 0 Å². The predicted molar refractivity (Wildman–Crippen MR) is 74.8 cm³/mol. The molecule has 1 N–H and O–H groups in total. The fraction of sp³-hybridized carbons (Fsp3) is 0.500. The first-order valence-electron chi connectivity index (χ1n) is 6.04. The maximum atomic E-state index is 11.7. The van der Waals surface area contributed by atoms with E-state index in [0.717, 1.165) is 16.5 Å². The highest BCUT2D eigenvalue weighted by Crippen LogP contribution is 2.16. The second kappa shape index (κ2) is 6.80. The number of benzene rings is 1. The summed E-state index contributed by atoms with van der Waals surface area (Å²) in [6, 6.07) is 8.11. The molecule has 17 heavy (non-hydrogen) atoms. The van der Waals surface area contributed by atoms with Crippen LogP contribution in [0.25, 0.3) is 0 Å². The summed E-state index contributed by atoms with van der Waals surface area (Å²) in [6.07, 6.45) is 1.55. The summed E-state index contributed by atoms with van der Waals surface area (Å²) in [5, 5.41) is 3.02. The summed E-state index contributed by atoms with van der Waals surface area (Å²) < 4.78 is 1.06. The first kappa shape index (κ1) is 14.2. The van der Waals surface area contributed by atoms with Crippen LogP contribution in [0.3, 0.4) is 0 Å². The molecule has 0 spiro atoms. The fourth-order valence-electron chi connectivity index (χ4n) is 1.57. The van der Waals surface area contributed by atoms with Crippen molar-refractivity contribution in [3.8, 4) is 0 Å². The van der Waals surface area contributed by atoms with Gasteiger partial charge in [0.1, 0.15) is 0 Å². The summed E-state index contributed by atoms with van der Waals surface area (Å²) in [5.41, 5.74) is 1.13. The lowest BCUT2D eigenvalue weighted by molar-refractivity contribution is -0.122. The van der Waals surface area contributed by atoms with E-state index < -0.39 is 0 Å². The number of rotatable bonds is 5. The molecule has 0 saturated carbocycles. The molecule has 3 heteroatoms. The van der Waals surface area contributed by atoms with Crippen LogP contribution in [0.15, 0.2) is 28.7 Å². The van der Waals surface area contributed by atoms with E-state index >= 15 is 0 Å². The van der Waals surface area contributed by atoms with Crippen LogP contribution in [-0.2, 0) is 4.79 Å². The van der Waals surface area contributed by atoms with Crippen molar-refractivity contribution in [3.05, 3.63) is 34.3 Å². The zero-order valence-electron chi connectivity index (χ0n) is 10.7. The van der Waals surface area contributed by atoms with Crippen LogP contribution in [0.1, 0.15) is 45.2 Å². The van der Waals surface area contributed by atoms with Crippen molar-refractivity contribution in [2.75, 3.05) is 0 Å². The first-order chi connectivity index (χ1) is 7.99. The number of halogens is 1. The van der Waals surface area contributed by atoms with Crippen molar-refractivity contribution in [1.82, 2.24) is 5.32 Å². The number of carbonyl (C=O) groups excluding carboxylic acids is 1. The smallest absolute Gasteiger partial charge is 0.220 e. The number of hydrogen-bond donors (Lipinski definition) is 1. The lowest BCUT2D eigenvalue weighted by atomic mass is 10.1. The third kappa shape index (κ3) is 5.35. The number of amides is 1. The van der Waals surface area contributed by atoms with Gasteiger partial charge in [0.15, 0.2) is 0 Å². The van der Waals surface area contributed by atoms with Crippen LogP contribution in [-0.4, -0.2) is 5.91 Å². The molecule has 0 fully saturated rings. The van der Waals surface area contributed by atoms with E-state index in [9.17, 15) is 4.79 Å². The summed E-state index contributed by atoms with van der Waals surface area (Å²) >= 11 is 3.40. The lowest BCUT2D eigenvalue weighted by Gasteiger charge is -2.15. The highest BCUT2D eigenvalue weighted by Gasteiger charge is 2.09. The van der Waals surface area contributed by atoms with E-state index in [1.54, 1.807) is 0 Å². The van der Waals surface area contributed by atoms with Gasteiger partial charge in [-0.3, -0.25) is 4.79 Å². The van der Waals surface area contributed by atoms with E-state index in [4.69, 9.17) is 0 Å². The standard InChI is InChI=1S/C14H20BrNO/c1-10(2)4-9-14(17)16-11(3)12-5-7-13(15)8-6-12/h5-8,10-11H,4,9H2,1-3H3,(H,16,17). The molecular formula is C14H20BrNO. The molecule has 0 aliphatic carbocycles. The third-order valence-corrected chi connectivity index (χ3v) is 3.22. The fourth-order valence-corrected chi connectivity index (χ4v) is 1.83. The van der Waals surface area contributed by atoms with Gasteiger partial charge in [-0.1, -0.05) is 41.9 Å². The maximum absolute atomic E-state index is 11.7. The summed E-state index contributed by atoms with van der Waals surface area (Å²) in [7, 11) is 0. The van der Waals surface area contributed by atoms with Crippen LogP contribution in [0.4, 0.5) is 0 Å². The molecular weight excluding hydrogens is 278 g/mol. The Hall–Kier alpha value is -0.830. The van der Waals surface area contributed by atoms with Gasteiger partial charge >= 0.3 is 0 Å². The second-order valence-corrected chi connectivity index (χ2v) is 5.69. The van der Waals surface area contributed by atoms with Gasteiger partial charge in [0.2, 0.25) is 5.91 Å². The Bertz CT molecular complexity index is 359. The predicted octanol–water partition coefficient (Wildman–Crippen LogP) is 4.06. The van der Waals surface area contributed by atoms with Gasteiger partial charge in [0.05, 0.1) is 6.04 Å². The molecule has 1 unspecified atom stereocenters. The molecule has 0 saturated heterocycles. The molecule has 0 radical (unpaired) electrons. The third-order valence-electron chi connectivity index (χ3n) is 2.70. The monoisotopic (exact) mass is 297 g/mol. The molecule has 94 valence electrons. The van der Waals surface area contributed by atoms with E-state index in [-0.39, 0.29) is 11.9 Å². The lowest BCUT2D eigenvalue weighted by Crippen LogP contribution is -2.26. The zero-order chi connectivity index (χ0) is 12.8. The highest BCUT2D eigenvalue weighted by atomic mass is 79.9. The molecule has 0 heterocycles. The van der Waals surface area contributed by atoms with Gasteiger partial charge in [0.25, 0.3) is 0 Å². The minimum atomic E-state index is 0.0720. The Morgan fingerprint density at radius 1 is 1.24 bits per heavy atom. The molecule has 1 amide bonds. The molecule has 0 aliphatic rings. The zero-order valence-corrected chi connectivity index (χ0v) is 12.3. The van der Waals surface area contributed by atoms with Crippen molar-refractivity contribution in [2.45, 2.75) is 39.7 Å². The van der Waals surface area contributed by atoms with Crippen LogP contribution >= 0.6 is 15.9 Å². The highest BCUT2D eigenvalue weighted by molar-refractivity contribution is 9.10. The molecule has 1 rings (SSSR count). The molecule has 1 aromatic rings. The molecule has 0 aliphatic heterocycles. The van der Waals surface area contributed by atoms with Gasteiger partial charge in [-0.15, -0.1) is 0 Å².